The molecule has 0 aliphatic rings. The van der Waals surface area contributed by atoms with Crippen LogP contribution in [0.15, 0.2) is 27.5 Å². The van der Waals surface area contributed by atoms with Gasteiger partial charge in [0.1, 0.15) is 6.07 Å². The number of nitrogens with one attached hydrogen (secondary N) is 1. The van der Waals surface area contributed by atoms with Crippen LogP contribution in [0.25, 0.3) is 10.9 Å². The first kappa shape index (κ1) is 9.94. The van der Waals surface area contributed by atoms with E-state index in [1.807, 2.05) is 6.92 Å². The number of nitriles is 1. The number of aryl methyl sites for hydroxylation is 1. The second-order valence-corrected chi connectivity index (χ2v) is 4.16. The van der Waals surface area contributed by atoms with Gasteiger partial charge < -0.3 is 4.98 Å². The van der Waals surface area contributed by atoms with Crippen molar-refractivity contribution in [1.29, 1.82) is 5.26 Å². The SMILES string of the molecule is Cc1cc(=O)c2cc(Br)c(C#N)cc2[nH]1. The number of pyridine rings is 1. The molecule has 74 valence electrons. The molecule has 0 aliphatic heterocycles. The summed E-state index contributed by atoms with van der Waals surface area (Å²) in [6, 6.07) is 6.95. The molecule has 15 heavy (non-hydrogen) atoms. The van der Waals surface area contributed by atoms with Crippen LogP contribution in [0, 0.1) is 18.3 Å². The van der Waals surface area contributed by atoms with Crippen LogP contribution in [-0.2, 0) is 0 Å². The van der Waals surface area contributed by atoms with Crippen LogP contribution in [0.4, 0.5) is 0 Å². The van der Waals surface area contributed by atoms with E-state index in [-0.39, 0.29) is 5.43 Å². The van der Waals surface area contributed by atoms with Crippen molar-refractivity contribution in [3.63, 3.8) is 0 Å². The molecule has 3 nitrogen and oxygen atoms in total. The van der Waals surface area contributed by atoms with Gasteiger partial charge in [0, 0.05) is 21.6 Å². The minimum atomic E-state index is -0.0357. The zero-order chi connectivity index (χ0) is 11.0. The molecule has 0 saturated heterocycles. The number of hydrogen-bond acceptors (Lipinski definition) is 2. The van der Waals surface area contributed by atoms with E-state index in [4.69, 9.17) is 5.26 Å². The highest BCUT2D eigenvalue weighted by Crippen LogP contribution is 2.20. The van der Waals surface area contributed by atoms with E-state index in [0.717, 1.165) is 5.69 Å². The highest BCUT2D eigenvalue weighted by atomic mass is 79.9. The molecule has 2 rings (SSSR count). The molecule has 0 radical (unpaired) electrons. The first-order valence-electron chi connectivity index (χ1n) is 4.35. The van der Waals surface area contributed by atoms with Crippen molar-refractivity contribution >= 4 is 26.8 Å². The Labute approximate surface area is 94.5 Å². The average Bonchev–Trinajstić information content (AvgIpc) is 2.18. The molecule has 1 aromatic heterocycles. The van der Waals surface area contributed by atoms with Crippen LogP contribution in [0.1, 0.15) is 11.3 Å². The zero-order valence-electron chi connectivity index (χ0n) is 7.97. The molecule has 0 fully saturated rings. The third-order valence-electron chi connectivity index (χ3n) is 2.17. The summed E-state index contributed by atoms with van der Waals surface area (Å²) in [5.74, 6) is 0. The van der Waals surface area contributed by atoms with Gasteiger partial charge in [-0.2, -0.15) is 5.26 Å². The topological polar surface area (TPSA) is 56.6 Å². The Kier molecular flexibility index (Phi) is 2.33. The molecule has 0 unspecified atom stereocenters. The lowest BCUT2D eigenvalue weighted by Crippen LogP contribution is -2.03. The summed E-state index contributed by atoms with van der Waals surface area (Å²) in [5.41, 5.74) is 1.97. The summed E-state index contributed by atoms with van der Waals surface area (Å²) in [6.07, 6.45) is 0. The fourth-order valence-corrected chi connectivity index (χ4v) is 1.92. The molecule has 0 saturated carbocycles. The van der Waals surface area contributed by atoms with Crippen molar-refractivity contribution in [2.24, 2.45) is 0 Å². The Morgan fingerprint density at radius 1 is 1.40 bits per heavy atom. The minimum Gasteiger partial charge on any atom is -0.358 e. The molecule has 1 heterocycles. The maximum absolute atomic E-state index is 11.6. The number of nitrogens with zero attached hydrogens (tertiary/aromatic N) is 1. The first-order valence-corrected chi connectivity index (χ1v) is 5.14. The smallest absolute Gasteiger partial charge is 0.189 e. The highest BCUT2D eigenvalue weighted by Gasteiger charge is 2.05. The number of halogens is 1. The fraction of sp³-hybridized carbons (Fsp3) is 0.0909. The van der Waals surface area contributed by atoms with Crippen molar-refractivity contribution < 1.29 is 0 Å². The lowest BCUT2D eigenvalue weighted by Gasteiger charge is -2.02. The first-order chi connectivity index (χ1) is 7.11. The largest absolute Gasteiger partial charge is 0.358 e. The van der Waals surface area contributed by atoms with Crippen LogP contribution in [0.5, 0.6) is 0 Å². The summed E-state index contributed by atoms with van der Waals surface area (Å²) in [5, 5.41) is 9.43. The predicted octanol–water partition coefficient (Wildman–Crippen LogP) is 2.47. The van der Waals surface area contributed by atoms with Gasteiger partial charge in [-0.3, -0.25) is 4.79 Å². The molecular formula is C11H7BrN2O. The van der Waals surface area contributed by atoms with Gasteiger partial charge in [0.05, 0.1) is 11.1 Å². The maximum atomic E-state index is 11.6. The molecule has 0 bridgehead atoms. The number of rotatable bonds is 0. The normalized spacial score (nSPS) is 10.2. The summed E-state index contributed by atoms with van der Waals surface area (Å²) < 4.78 is 0.645. The van der Waals surface area contributed by atoms with E-state index in [2.05, 4.69) is 27.0 Å². The molecule has 4 heteroatoms. The summed E-state index contributed by atoms with van der Waals surface area (Å²) in [6.45, 7) is 1.81. The van der Waals surface area contributed by atoms with Crippen molar-refractivity contribution in [3.05, 3.63) is 44.2 Å². The van der Waals surface area contributed by atoms with Crippen molar-refractivity contribution in [2.75, 3.05) is 0 Å². The third-order valence-corrected chi connectivity index (χ3v) is 2.83. The Morgan fingerprint density at radius 3 is 2.80 bits per heavy atom. The van der Waals surface area contributed by atoms with Gasteiger partial charge in [0.25, 0.3) is 0 Å². The number of H-pyrrole nitrogens is 1. The van der Waals surface area contributed by atoms with Gasteiger partial charge in [-0.15, -0.1) is 0 Å². The van der Waals surface area contributed by atoms with Crippen LogP contribution in [-0.4, -0.2) is 4.98 Å². The summed E-state index contributed by atoms with van der Waals surface area (Å²) in [7, 11) is 0. The van der Waals surface area contributed by atoms with Crippen molar-refractivity contribution in [3.8, 4) is 6.07 Å². The molecule has 0 atom stereocenters. The van der Waals surface area contributed by atoms with Gasteiger partial charge in [-0.25, -0.2) is 0 Å². The Morgan fingerprint density at radius 2 is 2.13 bits per heavy atom. The summed E-state index contributed by atoms with van der Waals surface area (Å²) >= 11 is 3.25. The molecule has 0 spiro atoms. The van der Waals surface area contributed by atoms with Gasteiger partial charge in [-0.1, -0.05) is 0 Å². The van der Waals surface area contributed by atoms with E-state index in [0.29, 0.717) is 20.9 Å². The van der Waals surface area contributed by atoms with Gasteiger partial charge >= 0.3 is 0 Å². The van der Waals surface area contributed by atoms with Crippen LogP contribution >= 0.6 is 15.9 Å². The standard InChI is InChI=1S/C11H7BrN2O/c1-6-2-11(15)8-4-9(12)7(5-13)3-10(8)14-6/h2-4H,1H3,(H,14,15). The second kappa shape index (κ2) is 3.52. The van der Waals surface area contributed by atoms with E-state index >= 15 is 0 Å². The van der Waals surface area contributed by atoms with Crippen molar-refractivity contribution in [1.82, 2.24) is 4.98 Å². The van der Waals surface area contributed by atoms with Crippen LogP contribution in [0.2, 0.25) is 0 Å². The Balaban J connectivity index is 2.95. The lowest BCUT2D eigenvalue weighted by atomic mass is 10.1. The molecule has 1 N–H and O–H groups in total. The maximum Gasteiger partial charge on any atom is 0.189 e. The summed E-state index contributed by atoms with van der Waals surface area (Å²) in [4.78, 5) is 14.7. The molecule has 0 amide bonds. The number of aromatic nitrogens is 1. The van der Waals surface area contributed by atoms with Crippen molar-refractivity contribution in [2.45, 2.75) is 6.92 Å². The van der Waals surface area contributed by atoms with E-state index in [1.54, 1.807) is 18.2 Å². The van der Waals surface area contributed by atoms with Gasteiger partial charge in [0.2, 0.25) is 0 Å². The number of hydrogen-bond donors (Lipinski definition) is 1. The predicted molar refractivity (Wildman–Crippen MR) is 61.7 cm³/mol. The number of fused-ring (bicyclic) bond motifs is 1. The quantitative estimate of drug-likeness (QED) is 0.793. The molecule has 2 aromatic rings. The average molecular weight is 263 g/mol. The molecule has 1 aromatic carbocycles. The lowest BCUT2D eigenvalue weighted by molar-refractivity contribution is 1.24. The third kappa shape index (κ3) is 1.66. The number of aromatic amines is 1. The fourth-order valence-electron chi connectivity index (χ4n) is 1.49. The Hall–Kier alpha value is -1.60. The number of benzene rings is 1. The Bertz CT molecular complexity index is 637. The van der Waals surface area contributed by atoms with Crippen LogP contribution in [0.3, 0.4) is 0 Å². The molecule has 0 aliphatic carbocycles. The van der Waals surface area contributed by atoms with Crippen LogP contribution < -0.4 is 5.43 Å². The highest BCUT2D eigenvalue weighted by molar-refractivity contribution is 9.10. The van der Waals surface area contributed by atoms with Gasteiger partial charge in [-0.05, 0) is 35.0 Å². The zero-order valence-corrected chi connectivity index (χ0v) is 9.55. The monoisotopic (exact) mass is 262 g/mol. The van der Waals surface area contributed by atoms with Gasteiger partial charge in [0.15, 0.2) is 5.43 Å². The van der Waals surface area contributed by atoms with E-state index in [1.165, 1.54) is 0 Å². The second-order valence-electron chi connectivity index (χ2n) is 3.31. The minimum absolute atomic E-state index is 0.0357. The van der Waals surface area contributed by atoms with E-state index < -0.39 is 0 Å². The van der Waals surface area contributed by atoms with E-state index in [9.17, 15) is 4.79 Å². The molecular weight excluding hydrogens is 256 g/mol.